The summed E-state index contributed by atoms with van der Waals surface area (Å²) in [6.45, 7) is 0.522. The van der Waals surface area contributed by atoms with Crippen LogP contribution in [0.3, 0.4) is 0 Å². The Morgan fingerprint density at radius 2 is 2.11 bits per heavy atom. The fourth-order valence-electron chi connectivity index (χ4n) is 2.49. The van der Waals surface area contributed by atoms with Crippen molar-refractivity contribution in [1.82, 2.24) is 9.71 Å². The van der Waals surface area contributed by atoms with E-state index in [1.165, 1.54) is 31.9 Å². The Bertz CT molecular complexity index is 453. The summed E-state index contributed by atoms with van der Waals surface area (Å²) in [7, 11) is -3.37. The molecule has 0 unspecified atom stereocenters. The molecule has 100 valence electrons. The third-order valence-electron chi connectivity index (χ3n) is 3.50. The van der Waals surface area contributed by atoms with Gasteiger partial charge in [-0.2, -0.15) is 0 Å². The normalized spacial score (nSPS) is 17.1. The SMILES string of the molecule is O=S(=O)(NCCCC1CCCC1)c1cccnc1. The van der Waals surface area contributed by atoms with Gasteiger partial charge in [-0.3, -0.25) is 4.98 Å². The molecular formula is C13H20N2O2S. The molecule has 18 heavy (non-hydrogen) atoms. The van der Waals surface area contributed by atoms with Gasteiger partial charge in [0, 0.05) is 18.9 Å². The topological polar surface area (TPSA) is 59.1 Å². The zero-order valence-electron chi connectivity index (χ0n) is 10.5. The summed E-state index contributed by atoms with van der Waals surface area (Å²) in [5.74, 6) is 0.813. The molecule has 0 saturated heterocycles. The van der Waals surface area contributed by atoms with Crippen molar-refractivity contribution in [2.75, 3.05) is 6.54 Å². The smallest absolute Gasteiger partial charge is 0.242 e. The molecule has 1 fully saturated rings. The first-order valence-electron chi connectivity index (χ1n) is 6.58. The molecule has 0 bridgehead atoms. The van der Waals surface area contributed by atoms with Gasteiger partial charge < -0.3 is 0 Å². The van der Waals surface area contributed by atoms with E-state index in [-0.39, 0.29) is 4.90 Å². The first-order chi connectivity index (χ1) is 8.68. The van der Waals surface area contributed by atoms with Crippen LogP contribution in [0.25, 0.3) is 0 Å². The summed E-state index contributed by atoms with van der Waals surface area (Å²) in [4.78, 5) is 4.06. The minimum Gasteiger partial charge on any atom is -0.263 e. The molecule has 5 heteroatoms. The lowest BCUT2D eigenvalue weighted by Gasteiger charge is -2.09. The molecular weight excluding hydrogens is 248 g/mol. The Hall–Kier alpha value is -0.940. The molecule has 0 amide bonds. The fraction of sp³-hybridized carbons (Fsp3) is 0.615. The fourth-order valence-corrected chi connectivity index (χ4v) is 3.52. The number of rotatable bonds is 6. The third kappa shape index (κ3) is 3.78. The van der Waals surface area contributed by atoms with E-state index in [1.807, 2.05) is 0 Å². The Labute approximate surface area is 109 Å². The van der Waals surface area contributed by atoms with Gasteiger partial charge in [-0.25, -0.2) is 13.1 Å². The highest BCUT2D eigenvalue weighted by Crippen LogP contribution is 2.28. The monoisotopic (exact) mass is 268 g/mol. The van der Waals surface area contributed by atoms with Crippen molar-refractivity contribution in [3.63, 3.8) is 0 Å². The number of nitrogens with zero attached hydrogens (tertiary/aromatic N) is 1. The van der Waals surface area contributed by atoms with Crippen LogP contribution in [0.5, 0.6) is 0 Å². The quantitative estimate of drug-likeness (QED) is 0.806. The third-order valence-corrected chi connectivity index (χ3v) is 4.95. The maximum Gasteiger partial charge on any atom is 0.242 e. The lowest BCUT2D eigenvalue weighted by molar-refractivity contribution is 0.480. The molecule has 0 radical (unpaired) electrons. The van der Waals surface area contributed by atoms with Gasteiger partial charge in [-0.15, -0.1) is 0 Å². The number of nitrogens with one attached hydrogen (secondary N) is 1. The van der Waals surface area contributed by atoms with Crippen LogP contribution >= 0.6 is 0 Å². The minimum absolute atomic E-state index is 0.242. The summed E-state index contributed by atoms with van der Waals surface area (Å²) in [5.41, 5.74) is 0. The molecule has 0 spiro atoms. The van der Waals surface area contributed by atoms with Gasteiger partial charge in [0.1, 0.15) is 4.90 Å². The summed E-state index contributed by atoms with van der Waals surface area (Å²) < 4.78 is 26.4. The molecule has 1 heterocycles. The summed E-state index contributed by atoms with van der Waals surface area (Å²) in [6.07, 6.45) is 10.3. The van der Waals surface area contributed by atoms with E-state index < -0.39 is 10.0 Å². The maximum atomic E-state index is 11.9. The van der Waals surface area contributed by atoms with Crippen LogP contribution in [0.4, 0.5) is 0 Å². The second-order valence-electron chi connectivity index (χ2n) is 4.88. The summed E-state index contributed by atoms with van der Waals surface area (Å²) >= 11 is 0. The molecule has 0 aliphatic heterocycles. The highest BCUT2D eigenvalue weighted by atomic mass is 32.2. The van der Waals surface area contributed by atoms with Crippen molar-refractivity contribution in [1.29, 1.82) is 0 Å². The Balaban J connectivity index is 1.75. The molecule has 4 nitrogen and oxygen atoms in total. The van der Waals surface area contributed by atoms with Crippen LogP contribution in [-0.4, -0.2) is 19.9 Å². The number of pyridine rings is 1. The van der Waals surface area contributed by atoms with E-state index >= 15 is 0 Å². The lowest BCUT2D eigenvalue weighted by Crippen LogP contribution is -2.25. The van der Waals surface area contributed by atoms with Crippen molar-refractivity contribution < 1.29 is 8.42 Å². The molecule has 0 aromatic carbocycles. The van der Waals surface area contributed by atoms with E-state index in [9.17, 15) is 8.42 Å². The molecule has 1 aromatic heterocycles. The zero-order chi connectivity index (χ0) is 12.8. The van der Waals surface area contributed by atoms with Crippen molar-refractivity contribution in [2.45, 2.75) is 43.4 Å². The van der Waals surface area contributed by atoms with E-state index in [2.05, 4.69) is 9.71 Å². The Morgan fingerprint density at radius 3 is 2.78 bits per heavy atom. The lowest BCUT2D eigenvalue weighted by atomic mass is 10.0. The number of hydrogen-bond acceptors (Lipinski definition) is 3. The van der Waals surface area contributed by atoms with Crippen molar-refractivity contribution >= 4 is 10.0 Å². The number of aromatic nitrogens is 1. The van der Waals surface area contributed by atoms with E-state index in [0.717, 1.165) is 18.8 Å². The van der Waals surface area contributed by atoms with Crippen LogP contribution < -0.4 is 4.72 Å². The van der Waals surface area contributed by atoms with Crippen LogP contribution in [0.15, 0.2) is 29.4 Å². The predicted octanol–water partition coefficient (Wildman–Crippen LogP) is 2.33. The van der Waals surface area contributed by atoms with Gasteiger partial charge >= 0.3 is 0 Å². The van der Waals surface area contributed by atoms with Gasteiger partial charge in [0.05, 0.1) is 0 Å². The first kappa shape index (κ1) is 13.5. The highest BCUT2D eigenvalue weighted by molar-refractivity contribution is 7.89. The molecule has 1 N–H and O–H groups in total. The largest absolute Gasteiger partial charge is 0.263 e. The standard InChI is InChI=1S/C13H20N2O2S/c16-18(17,13-8-4-9-14-11-13)15-10-3-7-12-5-1-2-6-12/h4,8-9,11-12,15H,1-3,5-7,10H2. The molecule has 1 aliphatic rings. The average molecular weight is 268 g/mol. The van der Waals surface area contributed by atoms with E-state index in [0.29, 0.717) is 6.54 Å². The van der Waals surface area contributed by atoms with E-state index in [4.69, 9.17) is 0 Å². The molecule has 0 atom stereocenters. The molecule has 2 rings (SSSR count). The summed E-state index contributed by atoms with van der Waals surface area (Å²) in [5, 5.41) is 0. The zero-order valence-corrected chi connectivity index (χ0v) is 11.3. The molecule has 1 saturated carbocycles. The van der Waals surface area contributed by atoms with Crippen LogP contribution in [0.1, 0.15) is 38.5 Å². The average Bonchev–Trinajstić information content (AvgIpc) is 2.89. The van der Waals surface area contributed by atoms with Gasteiger partial charge in [0.2, 0.25) is 10.0 Å². The summed E-state index contributed by atoms with van der Waals surface area (Å²) in [6, 6.07) is 3.19. The molecule has 1 aliphatic carbocycles. The van der Waals surface area contributed by atoms with E-state index in [1.54, 1.807) is 18.3 Å². The second-order valence-corrected chi connectivity index (χ2v) is 6.65. The van der Waals surface area contributed by atoms with Crippen LogP contribution in [-0.2, 0) is 10.0 Å². The highest BCUT2D eigenvalue weighted by Gasteiger charge is 2.16. The second kappa shape index (κ2) is 6.29. The van der Waals surface area contributed by atoms with Crippen molar-refractivity contribution in [3.05, 3.63) is 24.5 Å². The first-order valence-corrected chi connectivity index (χ1v) is 8.06. The van der Waals surface area contributed by atoms with Crippen LogP contribution in [0.2, 0.25) is 0 Å². The van der Waals surface area contributed by atoms with Gasteiger partial charge in [-0.1, -0.05) is 25.7 Å². The van der Waals surface area contributed by atoms with Gasteiger partial charge in [0.25, 0.3) is 0 Å². The predicted molar refractivity (Wildman–Crippen MR) is 70.6 cm³/mol. The van der Waals surface area contributed by atoms with Gasteiger partial charge in [0.15, 0.2) is 0 Å². The maximum absolute atomic E-state index is 11.9. The van der Waals surface area contributed by atoms with Crippen molar-refractivity contribution in [2.24, 2.45) is 5.92 Å². The number of hydrogen-bond donors (Lipinski definition) is 1. The molecule has 1 aromatic rings. The Kier molecular flexibility index (Phi) is 4.72. The van der Waals surface area contributed by atoms with Gasteiger partial charge in [-0.05, 0) is 30.9 Å². The van der Waals surface area contributed by atoms with Crippen LogP contribution in [0, 0.1) is 5.92 Å². The number of sulfonamides is 1. The van der Waals surface area contributed by atoms with Crippen molar-refractivity contribution in [3.8, 4) is 0 Å². The minimum atomic E-state index is -3.37. The Morgan fingerprint density at radius 1 is 1.33 bits per heavy atom.